The molecule has 2 aromatic rings. The van der Waals surface area contributed by atoms with Crippen LogP contribution in [0.3, 0.4) is 0 Å². The van der Waals surface area contributed by atoms with Crippen molar-refractivity contribution >= 4 is 23.2 Å². The van der Waals surface area contributed by atoms with Crippen LogP contribution in [0.4, 0.5) is 4.39 Å². The molecule has 1 fully saturated rings. The Bertz CT molecular complexity index is 651. The van der Waals surface area contributed by atoms with Gasteiger partial charge in [0.15, 0.2) is 0 Å². The van der Waals surface area contributed by atoms with Crippen molar-refractivity contribution in [1.29, 1.82) is 0 Å². The summed E-state index contributed by atoms with van der Waals surface area (Å²) >= 11 is 12.1. The van der Waals surface area contributed by atoms with E-state index in [1.807, 2.05) is 12.1 Å². The van der Waals surface area contributed by atoms with Gasteiger partial charge in [0.05, 0.1) is 12.7 Å². The van der Waals surface area contributed by atoms with Gasteiger partial charge in [-0.1, -0.05) is 29.3 Å². The normalized spacial score (nSPS) is 17.9. The first-order valence-electron chi connectivity index (χ1n) is 7.19. The fourth-order valence-electron chi connectivity index (χ4n) is 2.65. The SMILES string of the molecule is Fc1ccc(-c2cc(Cl)cc(Cl)c2)c(CO[C@H]2CCNC2)c1. The Labute approximate surface area is 139 Å². The van der Waals surface area contributed by atoms with Crippen molar-refractivity contribution in [2.75, 3.05) is 13.1 Å². The summed E-state index contributed by atoms with van der Waals surface area (Å²) in [5, 5.41) is 4.36. The van der Waals surface area contributed by atoms with E-state index in [2.05, 4.69) is 5.32 Å². The minimum atomic E-state index is -0.278. The number of benzene rings is 2. The zero-order chi connectivity index (χ0) is 15.5. The van der Waals surface area contributed by atoms with E-state index in [0.29, 0.717) is 16.7 Å². The Morgan fingerprint density at radius 1 is 1.14 bits per heavy atom. The lowest BCUT2D eigenvalue weighted by molar-refractivity contribution is 0.0543. The van der Waals surface area contributed by atoms with E-state index in [0.717, 1.165) is 36.2 Å². The van der Waals surface area contributed by atoms with E-state index in [-0.39, 0.29) is 11.9 Å². The van der Waals surface area contributed by atoms with E-state index in [4.69, 9.17) is 27.9 Å². The van der Waals surface area contributed by atoms with Gasteiger partial charge in [-0.15, -0.1) is 0 Å². The minimum Gasteiger partial charge on any atom is -0.372 e. The number of hydrogen-bond acceptors (Lipinski definition) is 2. The molecular formula is C17H16Cl2FNO. The summed E-state index contributed by atoms with van der Waals surface area (Å²) in [4.78, 5) is 0. The maximum atomic E-state index is 13.6. The Balaban J connectivity index is 1.89. The third-order valence-corrected chi connectivity index (χ3v) is 4.17. The molecular weight excluding hydrogens is 324 g/mol. The molecule has 0 amide bonds. The quantitative estimate of drug-likeness (QED) is 0.873. The van der Waals surface area contributed by atoms with E-state index in [1.165, 1.54) is 12.1 Å². The maximum absolute atomic E-state index is 13.6. The van der Waals surface area contributed by atoms with Crippen molar-refractivity contribution in [3.63, 3.8) is 0 Å². The zero-order valence-corrected chi connectivity index (χ0v) is 13.4. The third kappa shape index (κ3) is 3.79. The number of hydrogen-bond donors (Lipinski definition) is 1. The summed E-state index contributed by atoms with van der Waals surface area (Å²) in [6.45, 7) is 2.17. The highest BCUT2D eigenvalue weighted by atomic mass is 35.5. The first kappa shape index (κ1) is 15.8. The number of rotatable bonds is 4. The van der Waals surface area contributed by atoms with Gasteiger partial charge in [-0.3, -0.25) is 0 Å². The minimum absolute atomic E-state index is 0.180. The van der Waals surface area contributed by atoms with Gasteiger partial charge < -0.3 is 10.1 Å². The van der Waals surface area contributed by atoms with Gasteiger partial charge in [0.2, 0.25) is 0 Å². The maximum Gasteiger partial charge on any atom is 0.123 e. The average molecular weight is 340 g/mol. The van der Waals surface area contributed by atoms with Crippen molar-refractivity contribution < 1.29 is 9.13 Å². The molecule has 1 heterocycles. The molecule has 0 aliphatic carbocycles. The average Bonchev–Trinajstić information content (AvgIpc) is 2.97. The predicted octanol–water partition coefficient (Wildman–Crippen LogP) is 4.68. The van der Waals surface area contributed by atoms with Gasteiger partial charge in [0, 0.05) is 16.6 Å². The van der Waals surface area contributed by atoms with Crippen LogP contribution in [0.1, 0.15) is 12.0 Å². The fourth-order valence-corrected chi connectivity index (χ4v) is 3.18. The molecule has 2 nitrogen and oxygen atoms in total. The van der Waals surface area contributed by atoms with Crippen molar-refractivity contribution in [2.45, 2.75) is 19.1 Å². The van der Waals surface area contributed by atoms with Gasteiger partial charge in [-0.25, -0.2) is 4.39 Å². The van der Waals surface area contributed by atoms with Gasteiger partial charge in [-0.05, 0) is 60.0 Å². The van der Waals surface area contributed by atoms with Gasteiger partial charge in [0.25, 0.3) is 0 Å². The van der Waals surface area contributed by atoms with Crippen LogP contribution in [0.2, 0.25) is 10.0 Å². The lowest BCUT2D eigenvalue weighted by Crippen LogP contribution is -2.16. The van der Waals surface area contributed by atoms with E-state index in [9.17, 15) is 4.39 Å². The molecule has 1 saturated heterocycles. The predicted molar refractivity (Wildman–Crippen MR) is 87.9 cm³/mol. The van der Waals surface area contributed by atoms with Crippen LogP contribution in [-0.4, -0.2) is 19.2 Å². The summed E-state index contributed by atoms with van der Waals surface area (Å²) in [6, 6.07) is 10.00. The lowest BCUT2D eigenvalue weighted by Gasteiger charge is -2.14. The summed E-state index contributed by atoms with van der Waals surface area (Å²) in [5.41, 5.74) is 2.54. The summed E-state index contributed by atoms with van der Waals surface area (Å²) < 4.78 is 19.5. The number of nitrogens with one attached hydrogen (secondary N) is 1. The van der Waals surface area contributed by atoms with Crippen molar-refractivity contribution in [2.24, 2.45) is 0 Å². The molecule has 0 saturated carbocycles. The molecule has 0 bridgehead atoms. The molecule has 22 heavy (non-hydrogen) atoms. The zero-order valence-electron chi connectivity index (χ0n) is 11.9. The second-order valence-electron chi connectivity index (χ2n) is 5.39. The van der Waals surface area contributed by atoms with Gasteiger partial charge in [0.1, 0.15) is 5.82 Å². The highest BCUT2D eigenvalue weighted by Crippen LogP contribution is 2.30. The molecule has 116 valence electrons. The van der Waals surface area contributed by atoms with E-state index >= 15 is 0 Å². The van der Waals surface area contributed by atoms with Crippen LogP contribution < -0.4 is 5.32 Å². The molecule has 3 rings (SSSR count). The van der Waals surface area contributed by atoms with E-state index in [1.54, 1.807) is 12.1 Å². The second kappa shape index (κ2) is 6.97. The number of halogens is 3. The topological polar surface area (TPSA) is 21.3 Å². The molecule has 2 aromatic carbocycles. The molecule has 5 heteroatoms. The highest BCUT2D eigenvalue weighted by Gasteiger charge is 2.16. The smallest absolute Gasteiger partial charge is 0.123 e. The molecule has 1 aliphatic heterocycles. The van der Waals surface area contributed by atoms with Crippen LogP contribution in [-0.2, 0) is 11.3 Å². The molecule has 0 spiro atoms. The van der Waals surface area contributed by atoms with Gasteiger partial charge in [-0.2, -0.15) is 0 Å². The first-order valence-corrected chi connectivity index (χ1v) is 7.94. The molecule has 0 radical (unpaired) electrons. The molecule has 0 aromatic heterocycles. The Morgan fingerprint density at radius 3 is 2.59 bits per heavy atom. The van der Waals surface area contributed by atoms with Crippen LogP contribution >= 0.6 is 23.2 Å². The third-order valence-electron chi connectivity index (χ3n) is 3.73. The Hall–Kier alpha value is -1.13. The van der Waals surface area contributed by atoms with Crippen molar-refractivity contribution in [1.82, 2.24) is 5.32 Å². The van der Waals surface area contributed by atoms with Crippen molar-refractivity contribution in [3.05, 3.63) is 57.8 Å². The second-order valence-corrected chi connectivity index (χ2v) is 6.26. The largest absolute Gasteiger partial charge is 0.372 e. The lowest BCUT2D eigenvalue weighted by atomic mass is 10.00. The van der Waals surface area contributed by atoms with Crippen LogP contribution in [0, 0.1) is 5.82 Å². The molecule has 1 atom stereocenters. The monoisotopic (exact) mass is 339 g/mol. The first-order chi connectivity index (χ1) is 10.6. The summed E-state index contributed by atoms with van der Waals surface area (Å²) in [7, 11) is 0. The van der Waals surface area contributed by atoms with Crippen LogP contribution in [0.25, 0.3) is 11.1 Å². The molecule has 1 aliphatic rings. The van der Waals surface area contributed by atoms with Crippen LogP contribution in [0.15, 0.2) is 36.4 Å². The Morgan fingerprint density at radius 2 is 1.91 bits per heavy atom. The summed E-state index contributed by atoms with van der Waals surface area (Å²) in [6.07, 6.45) is 1.16. The fraction of sp³-hybridized carbons (Fsp3) is 0.294. The molecule has 1 N–H and O–H groups in total. The Kier molecular flexibility index (Phi) is 4.99. The van der Waals surface area contributed by atoms with E-state index < -0.39 is 0 Å². The highest BCUT2D eigenvalue weighted by molar-refractivity contribution is 6.35. The molecule has 0 unspecified atom stereocenters. The standard InChI is InChI=1S/C17H16Cl2FNO/c18-13-5-11(6-14(19)8-13)17-2-1-15(20)7-12(17)10-22-16-3-4-21-9-16/h1-2,5-8,16,21H,3-4,9-10H2/t16-/m0/s1. The summed E-state index contributed by atoms with van der Waals surface area (Å²) in [5.74, 6) is -0.278. The number of ether oxygens (including phenoxy) is 1. The van der Waals surface area contributed by atoms with Crippen LogP contribution in [0.5, 0.6) is 0 Å². The van der Waals surface area contributed by atoms with Gasteiger partial charge >= 0.3 is 0 Å². The van der Waals surface area contributed by atoms with Crippen molar-refractivity contribution in [3.8, 4) is 11.1 Å².